The fourth-order valence-corrected chi connectivity index (χ4v) is 2.57. The molecule has 0 spiro atoms. The van der Waals surface area contributed by atoms with E-state index in [2.05, 4.69) is 0 Å². The highest BCUT2D eigenvalue weighted by atomic mass is 35.5. The third-order valence-corrected chi connectivity index (χ3v) is 3.97. The molecule has 1 atom stereocenters. The number of hydrogen-bond acceptors (Lipinski definition) is 2. The van der Waals surface area contributed by atoms with Gasteiger partial charge in [0.15, 0.2) is 0 Å². The van der Waals surface area contributed by atoms with Crippen molar-refractivity contribution in [3.05, 3.63) is 59.1 Å². The zero-order valence-corrected chi connectivity index (χ0v) is 11.7. The quantitative estimate of drug-likeness (QED) is 0.855. The van der Waals surface area contributed by atoms with Crippen LogP contribution in [0.3, 0.4) is 0 Å². The number of rotatable bonds is 4. The molecule has 0 aliphatic heterocycles. The Hall–Kier alpha value is -0.960. The normalized spacial score (nSPS) is 12.4. The van der Waals surface area contributed by atoms with E-state index in [0.717, 1.165) is 26.8 Å². The second-order valence-corrected chi connectivity index (χ2v) is 5.63. The van der Waals surface area contributed by atoms with Crippen molar-refractivity contribution >= 4 is 23.4 Å². The van der Waals surface area contributed by atoms with Gasteiger partial charge in [-0.15, -0.1) is 0 Å². The maximum absolute atomic E-state index is 9.72. The molecule has 2 aromatic rings. The molecule has 94 valence electrons. The molecule has 18 heavy (non-hydrogen) atoms. The summed E-state index contributed by atoms with van der Waals surface area (Å²) in [5.74, 6) is 0. The van der Waals surface area contributed by atoms with Crippen molar-refractivity contribution in [1.82, 2.24) is 0 Å². The molecule has 0 saturated carbocycles. The Bertz CT molecular complexity index is 493. The number of benzene rings is 2. The Morgan fingerprint density at radius 2 is 1.50 bits per heavy atom. The topological polar surface area (TPSA) is 20.2 Å². The molecule has 0 amide bonds. The van der Waals surface area contributed by atoms with Crippen LogP contribution in [0.25, 0.3) is 0 Å². The number of halogens is 1. The van der Waals surface area contributed by atoms with Gasteiger partial charge in [-0.2, -0.15) is 0 Å². The molecule has 2 rings (SSSR count). The molecular weight excluding hydrogens is 264 g/mol. The molecule has 0 aliphatic carbocycles. The minimum Gasteiger partial charge on any atom is -0.388 e. The molecule has 0 aliphatic rings. The van der Waals surface area contributed by atoms with Crippen LogP contribution >= 0.6 is 23.4 Å². The van der Waals surface area contributed by atoms with Gasteiger partial charge in [-0.25, -0.2) is 0 Å². The van der Waals surface area contributed by atoms with E-state index in [9.17, 15) is 5.11 Å². The van der Waals surface area contributed by atoms with E-state index < -0.39 is 0 Å². The summed E-state index contributed by atoms with van der Waals surface area (Å²) in [4.78, 5) is 2.31. The fraction of sp³-hybridized carbons (Fsp3) is 0.200. The molecule has 0 radical (unpaired) electrons. The standard InChI is InChI=1S/C15H15ClOS/c1-2-15(17)11-3-7-13(8-4-11)18-14-9-5-12(16)6-10-14/h3-10,15,17H,2H2,1H3/t15-/m0/s1. The summed E-state index contributed by atoms with van der Waals surface area (Å²) in [7, 11) is 0. The first kappa shape index (κ1) is 13.5. The SMILES string of the molecule is CC[C@H](O)c1ccc(Sc2ccc(Cl)cc2)cc1. The van der Waals surface area contributed by atoms with Crippen LogP contribution in [-0.2, 0) is 0 Å². The van der Waals surface area contributed by atoms with Gasteiger partial charge in [0, 0.05) is 14.8 Å². The first-order valence-electron chi connectivity index (χ1n) is 5.90. The first-order valence-corrected chi connectivity index (χ1v) is 7.10. The van der Waals surface area contributed by atoms with E-state index in [4.69, 9.17) is 11.6 Å². The van der Waals surface area contributed by atoms with Crippen LogP contribution in [0.2, 0.25) is 5.02 Å². The second-order valence-electron chi connectivity index (χ2n) is 4.05. The van der Waals surface area contributed by atoms with E-state index in [1.54, 1.807) is 11.8 Å². The van der Waals surface area contributed by atoms with Crippen LogP contribution in [0.5, 0.6) is 0 Å². The van der Waals surface area contributed by atoms with Crippen LogP contribution in [0.15, 0.2) is 58.3 Å². The van der Waals surface area contributed by atoms with Crippen LogP contribution in [-0.4, -0.2) is 5.11 Å². The van der Waals surface area contributed by atoms with Crippen molar-refractivity contribution < 1.29 is 5.11 Å². The highest BCUT2D eigenvalue weighted by Gasteiger charge is 2.04. The molecule has 2 aromatic carbocycles. The molecule has 0 fully saturated rings. The summed E-state index contributed by atoms with van der Waals surface area (Å²) >= 11 is 7.53. The van der Waals surface area contributed by atoms with Gasteiger partial charge in [0.25, 0.3) is 0 Å². The minimum absolute atomic E-state index is 0.361. The summed E-state index contributed by atoms with van der Waals surface area (Å²) in [6, 6.07) is 15.8. The lowest BCUT2D eigenvalue weighted by Crippen LogP contribution is -1.93. The van der Waals surface area contributed by atoms with Gasteiger partial charge < -0.3 is 5.11 Å². The van der Waals surface area contributed by atoms with E-state index >= 15 is 0 Å². The van der Waals surface area contributed by atoms with Crippen molar-refractivity contribution in [2.24, 2.45) is 0 Å². The van der Waals surface area contributed by atoms with Crippen LogP contribution in [0.4, 0.5) is 0 Å². The van der Waals surface area contributed by atoms with Crippen molar-refractivity contribution in [3.63, 3.8) is 0 Å². The summed E-state index contributed by atoms with van der Waals surface area (Å²) in [5, 5.41) is 10.5. The van der Waals surface area contributed by atoms with Gasteiger partial charge in [-0.05, 0) is 48.4 Å². The number of aliphatic hydroxyl groups excluding tert-OH is 1. The molecular formula is C15H15ClOS. The van der Waals surface area contributed by atoms with Gasteiger partial charge in [0.2, 0.25) is 0 Å². The fourth-order valence-electron chi connectivity index (χ4n) is 1.63. The molecule has 0 heterocycles. The van der Waals surface area contributed by atoms with Crippen molar-refractivity contribution in [1.29, 1.82) is 0 Å². The first-order chi connectivity index (χ1) is 8.69. The van der Waals surface area contributed by atoms with Crippen LogP contribution in [0.1, 0.15) is 25.0 Å². The summed E-state index contributed by atoms with van der Waals surface area (Å²) in [6.45, 7) is 1.97. The summed E-state index contributed by atoms with van der Waals surface area (Å²) in [5.41, 5.74) is 0.970. The zero-order chi connectivity index (χ0) is 13.0. The van der Waals surface area contributed by atoms with Crippen LogP contribution in [0, 0.1) is 0 Å². The minimum atomic E-state index is -0.361. The van der Waals surface area contributed by atoms with Gasteiger partial charge in [-0.3, -0.25) is 0 Å². The van der Waals surface area contributed by atoms with E-state index in [1.807, 2.05) is 55.5 Å². The van der Waals surface area contributed by atoms with E-state index in [-0.39, 0.29) is 6.10 Å². The third kappa shape index (κ3) is 3.52. The van der Waals surface area contributed by atoms with Gasteiger partial charge >= 0.3 is 0 Å². The predicted molar refractivity (Wildman–Crippen MR) is 77.3 cm³/mol. The summed E-state index contributed by atoms with van der Waals surface area (Å²) < 4.78 is 0. The largest absolute Gasteiger partial charge is 0.388 e. The highest BCUT2D eigenvalue weighted by molar-refractivity contribution is 7.99. The second kappa shape index (κ2) is 6.28. The average Bonchev–Trinajstić information content (AvgIpc) is 2.41. The highest BCUT2D eigenvalue weighted by Crippen LogP contribution is 2.29. The van der Waals surface area contributed by atoms with Crippen molar-refractivity contribution in [2.75, 3.05) is 0 Å². The lowest BCUT2D eigenvalue weighted by atomic mass is 10.1. The Labute approximate surface area is 117 Å². The maximum atomic E-state index is 9.72. The Kier molecular flexibility index (Phi) is 4.70. The molecule has 0 aromatic heterocycles. The van der Waals surface area contributed by atoms with Crippen molar-refractivity contribution in [2.45, 2.75) is 29.2 Å². The van der Waals surface area contributed by atoms with Gasteiger partial charge in [0.05, 0.1) is 6.10 Å². The summed E-state index contributed by atoms with van der Waals surface area (Å²) in [6.07, 6.45) is 0.378. The monoisotopic (exact) mass is 278 g/mol. The molecule has 0 saturated heterocycles. The average molecular weight is 279 g/mol. The van der Waals surface area contributed by atoms with E-state index in [1.165, 1.54) is 0 Å². The smallest absolute Gasteiger partial charge is 0.0787 e. The number of aliphatic hydroxyl groups is 1. The Morgan fingerprint density at radius 1 is 1.00 bits per heavy atom. The van der Waals surface area contributed by atoms with Crippen LogP contribution < -0.4 is 0 Å². The molecule has 1 N–H and O–H groups in total. The Balaban J connectivity index is 2.08. The van der Waals surface area contributed by atoms with Crippen molar-refractivity contribution in [3.8, 4) is 0 Å². The molecule has 1 nitrogen and oxygen atoms in total. The predicted octanol–water partition coefficient (Wildman–Crippen LogP) is 4.93. The van der Waals surface area contributed by atoms with Gasteiger partial charge in [0.1, 0.15) is 0 Å². The van der Waals surface area contributed by atoms with Gasteiger partial charge in [-0.1, -0.05) is 42.4 Å². The zero-order valence-electron chi connectivity index (χ0n) is 10.1. The molecule has 3 heteroatoms. The lowest BCUT2D eigenvalue weighted by molar-refractivity contribution is 0.173. The number of hydrogen-bond donors (Lipinski definition) is 1. The van der Waals surface area contributed by atoms with E-state index in [0.29, 0.717) is 0 Å². The Morgan fingerprint density at radius 3 is 2.00 bits per heavy atom. The lowest BCUT2D eigenvalue weighted by Gasteiger charge is -2.08. The molecule has 0 unspecified atom stereocenters. The third-order valence-electron chi connectivity index (χ3n) is 2.70. The maximum Gasteiger partial charge on any atom is 0.0787 e. The molecule has 0 bridgehead atoms.